The SMILES string of the molecule is CCN1CCC(NC(=O)CC2Sc3ccc(Cl)cc3NC2=O)CC1. The predicted molar refractivity (Wildman–Crippen MR) is 97.6 cm³/mol. The Morgan fingerprint density at radius 3 is 2.88 bits per heavy atom. The third kappa shape index (κ3) is 4.23. The van der Waals surface area contributed by atoms with Gasteiger partial charge in [-0.1, -0.05) is 18.5 Å². The number of amides is 2. The zero-order valence-corrected chi connectivity index (χ0v) is 15.3. The molecule has 0 aliphatic carbocycles. The number of thioether (sulfide) groups is 1. The van der Waals surface area contributed by atoms with E-state index in [4.69, 9.17) is 11.6 Å². The first-order chi connectivity index (χ1) is 11.5. The van der Waals surface area contributed by atoms with Crippen LogP contribution in [0.1, 0.15) is 26.2 Å². The van der Waals surface area contributed by atoms with Crippen LogP contribution in [0.4, 0.5) is 5.69 Å². The molecule has 0 spiro atoms. The number of piperidine rings is 1. The Kier molecular flexibility index (Phi) is 5.69. The number of anilines is 1. The van der Waals surface area contributed by atoms with Gasteiger partial charge in [0.15, 0.2) is 0 Å². The van der Waals surface area contributed by atoms with Crippen LogP contribution >= 0.6 is 23.4 Å². The molecule has 1 aromatic rings. The fourth-order valence-corrected chi connectivity index (χ4v) is 4.37. The first kappa shape index (κ1) is 17.6. The van der Waals surface area contributed by atoms with E-state index in [1.165, 1.54) is 11.8 Å². The monoisotopic (exact) mass is 367 g/mol. The Labute approximate surface area is 151 Å². The van der Waals surface area contributed by atoms with E-state index in [1.807, 2.05) is 6.07 Å². The lowest BCUT2D eigenvalue weighted by atomic mass is 10.0. The Balaban J connectivity index is 1.53. The number of halogens is 1. The largest absolute Gasteiger partial charge is 0.353 e. The molecular formula is C17H22ClN3O2S. The van der Waals surface area contributed by atoms with Crippen molar-refractivity contribution in [1.82, 2.24) is 10.2 Å². The first-order valence-electron chi connectivity index (χ1n) is 8.34. The van der Waals surface area contributed by atoms with Gasteiger partial charge in [-0.05, 0) is 37.6 Å². The van der Waals surface area contributed by atoms with Gasteiger partial charge in [-0.2, -0.15) is 0 Å². The van der Waals surface area contributed by atoms with E-state index in [-0.39, 0.29) is 24.3 Å². The summed E-state index contributed by atoms with van der Waals surface area (Å²) < 4.78 is 0. The lowest BCUT2D eigenvalue weighted by Gasteiger charge is -2.32. The van der Waals surface area contributed by atoms with E-state index in [2.05, 4.69) is 22.5 Å². The summed E-state index contributed by atoms with van der Waals surface area (Å²) in [5, 5.41) is 6.12. The molecule has 1 unspecified atom stereocenters. The molecule has 0 bridgehead atoms. The number of carbonyl (C=O) groups excluding carboxylic acids is 2. The highest BCUT2D eigenvalue weighted by atomic mass is 35.5. The summed E-state index contributed by atoms with van der Waals surface area (Å²) in [4.78, 5) is 27.9. The van der Waals surface area contributed by atoms with Gasteiger partial charge in [0.1, 0.15) is 0 Å². The van der Waals surface area contributed by atoms with Gasteiger partial charge in [0.2, 0.25) is 11.8 Å². The molecule has 2 amide bonds. The summed E-state index contributed by atoms with van der Waals surface area (Å²) in [5.74, 6) is -0.180. The van der Waals surface area contributed by atoms with Crippen LogP contribution in [0.2, 0.25) is 5.02 Å². The van der Waals surface area contributed by atoms with Crippen LogP contribution in [-0.4, -0.2) is 47.6 Å². The van der Waals surface area contributed by atoms with Crippen LogP contribution in [0.3, 0.4) is 0 Å². The minimum absolute atomic E-state index is 0.0463. The highest BCUT2D eigenvalue weighted by Crippen LogP contribution is 2.38. The lowest BCUT2D eigenvalue weighted by molar-refractivity contribution is -0.124. The maximum Gasteiger partial charge on any atom is 0.238 e. The van der Waals surface area contributed by atoms with Gasteiger partial charge in [-0.3, -0.25) is 9.59 Å². The lowest BCUT2D eigenvalue weighted by Crippen LogP contribution is -2.45. The quantitative estimate of drug-likeness (QED) is 0.859. The van der Waals surface area contributed by atoms with Gasteiger partial charge >= 0.3 is 0 Å². The van der Waals surface area contributed by atoms with Crippen molar-refractivity contribution >= 4 is 40.9 Å². The van der Waals surface area contributed by atoms with Crippen LogP contribution in [0, 0.1) is 0 Å². The average molecular weight is 368 g/mol. The Morgan fingerprint density at radius 2 is 2.17 bits per heavy atom. The second kappa shape index (κ2) is 7.76. The standard InChI is InChI=1S/C17H22ClN3O2S/c1-2-21-7-5-12(6-8-21)19-16(22)10-15-17(23)20-13-9-11(18)3-4-14(13)24-15/h3-4,9,12,15H,2,5-8,10H2,1H3,(H,19,22)(H,20,23). The van der Waals surface area contributed by atoms with E-state index in [9.17, 15) is 9.59 Å². The number of rotatable bonds is 4. The van der Waals surface area contributed by atoms with E-state index in [1.54, 1.807) is 12.1 Å². The molecule has 1 fully saturated rings. The summed E-state index contributed by atoms with van der Waals surface area (Å²) in [6.45, 7) is 5.26. The Hall–Kier alpha value is -1.24. The van der Waals surface area contributed by atoms with Crippen molar-refractivity contribution in [3.05, 3.63) is 23.2 Å². The van der Waals surface area contributed by atoms with Crippen molar-refractivity contribution in [3.8, 4) is 0 Å². The van der Waals surface area contributed by atoms with Crippen LogP contribution in [0.25, 0.3) is 0 Å². The fourth-order valence-electron chi connectivity index (χ4n) is 3.11. The summed E-state index contributed by atoms with van der Waals surface area (Å²) in [5.41, 5.74) is 0.723. The zero-order valence-electron chi connectivity index (χ0n) is 13.7. The van der Waals surface area contributed by atoms with Crippen LogP contribution in [0.15, 0.2) is 23.1 Å². The molecule has 3 rings (SSSR count). The molecule has 2 aliphatic rings. The van der Waals surface area contributed by atoms with Gasteiger partial charge in [-0.25, -0.2) is 0 Å². The molecule has 2 N–H and O–H groups in total. The number of fused-ring (bicyclic) bond motifs is 1. The van der Waals surface area contributed by atoms with Crippen LogP contribution < -0.4 is 10.6 Å². The van der Waals surface area contributed by atoms with Crippen molar-refractivity contribution in [1.29, 1.82) is 0 Å². The molecule has 130 valence electrons. The Bertz CT molecular complexity index is 632. The first-order valence-corrected chi connectivity index (χ1v) is 9.59. The third-order valence-corrected chi connectivity index (χ3v) is 6.04. The number of nitrogens with one attached hydrogen (secondary N) is 2. The zero-order chi connectivity index (χ0) is 17.1. The summed E-state index contributed by atoms with van der Waals surface area (Å²) in [6, 6.07) is 5.64. The van der Waals surface area contributed by atoms with E-state index >= 15 is 0 Å². The van der Waals surface area contributed by atoms with E-state index in [0.717, 1.165) is 43.1 Å². The summed E-state index contributed by atoms with van der Waals surface area (Å²) >= 11 is 7.37. The van der Waals surface area contributed by atoms with Crippen molar-refractivity contribution in [3.63, 3.8) is 0 Å². The molecule has 0 saturated carbocycles. The fraction of sp³-hybridized carbons (Fsp3) is 0.529. The van der Waals surface area contributed by atoms with Crippen LogP contribution in [0.5, 0.6) is 0 Å². The Morgan fingerprint density at radius 1 is 1.42 bits per heavy atom. The van der Waals surface area contributed by atoms with E-state index < -0.39 is 5.25 Å². The van der Waals surface area contributed by atoms with Crippen molar-refractivity contribution in [2.75, 3.05) is 25.0 Å². The number of hydrogen-bond acceptors (Lipinski definition) is 4. The second-order valence-electron chi connectivity index (χ2n) is 6.22. The van der Waals surface area contributed by atoms with Gasteiger partial charge in [-0.15, -0.1) is 11.8 Å². The minimum Gasteiger partial charge on any atom is -0.353 e. The van der Waals surface area contributed by atoms with Gasteiger partial charge < -0.3 is 15.5 Å². The van der Waals surface area contributed by atoms with Gasteiger partial charge in [0.05, 0.1) is 10.9 Å². The van der Waals surface area contributed by atoms with Gasteiger partial charge in [0.25, 0.3) is 0 Å². The maximum atomic E-state index is 12.3. The molecule has 1 aromatic carbocycles. The highest BCUT2D eigenvalue weighted by molar-refractivity contribution is 8.01. The number of benzene rings is 1. The predicted octanol–water partition coefficient (Wildman–Crippen LogP) is 2.74. The molecule has 2 heterocycles. The molecule has 0 aromatic heterocycles. The molecule has 2 aliphatic heterocycles. The maximum absolute atomic E-state index is 12.3. The average Bonchev–Trinajstić information content (AvgIpc) is 2.56. The number of hydrogen-bond donors (Lipinski definition) is 2. The topological polar surface area (TPSA) is 61.4 Å². The second-order valence-corrected chi connectivity index (χ2v) is 7.90. The molecule has 5 nitrogen and oxygen atoms in total. The number of nitrogens with zero attached hydrogens (tertiary/aromatic N) is 1. The van der Waals surface area contributed by atoms with E-state index in [0.29, 0.717) is 5.02 Å². The summed E-state index contributed by atoms with van der Waals surface area (Å²) in [6.07, 6.45) is 2.16. The molecule has 1 saturated heterocycles. The molecule has 1 atom stereocenters. The molecule has 24 heavy (non-hydrogen) atoms. The van der Waals surface area contributed by atoms with Crippen LogP contribution in [-0.2, 0) is 9.59 Å². The normalized spacial score (nSPS) is 21.9. The molecule has 7 heteroatoms. The smallest absolute Gasteiger partial charge is 0.238 e. The van der Waals surface area contributed by atoms with Crippen molar-refractivity contribution < 1.29 is 9.59 Å². The highest BCUT2D eigenvalue weighted by Gasteiger charge is 2.30. The third-order valence-electron chi connectivity index (χ3n) is 4.53. The number of carbonyl (C=O) groups is 2. The van der Waals surface area contributed by atoms with Crippen molar-refractivity contribution in [2.45, 2.75) is 42.4 Å². The molecular weight excluding hydrogens is 346 g/mol. The number of likely N-dealkylation sites (tertiary alicyclic amines) is 1. The van der Waals surface area contributed by atoms with Crippen molar-refractivity contribution in [2.24, 2.45) is 0 Å². The minimum atomic E-state index is -0.394. The molecule has 0 radical (unpaired) electrons. The summed E-state index contributed by atoms with van der Waals surface area (Å²) in [7, 11) is 0. The van der Waals surface area contributed by atoms with Gasteiger partial charge in [0, 0.05) is 35.5 Å².